The summed E-state index contributed by atoms with van der Waals surface area (Å²) in [4.78, 5) is 41.9. The fourth-order valence-electron chi connectivity index (χ4n) is 2.61. The topological polar surface area (TPSA) is 88.6 Å². The van der Waals surface area contributed by atoms with Crippen LogP contribution in [-0.2, 0) is 20.9 Å². The molecule has 2 aromatic rings. The third-order valence-corrected chi connectivity index (χ3v) is 4.72. The summed E-state index contributed by atoms with van der Waals surface area (Å²) in [6.07, 6.45) is 1.69. The van der Waals surface area contributed by atoms with Gasteiger partial charge in [-0.2, -0.15) is 0 Å². The van der Waals surface area contributed by atoms with Crippen molar-refractivity contribution in [3.05, 3.63) is 65.5 Å². The van der Waals surface area contributed by atoms with Crippen LogP contribution in [0.2, 0.25) is 0 Å². The molecule has 0 bridgehead atoms. The Morgan fingerprint density at radius 1 is 1.31 bits per heavy atom. The van der Waals surface area contributed by atoms with Crippen LogP contribution in [0, 0.1) is 0 Å². The van der Waals surface area contributed by atoms with E-state index in [1.165, 1.54) is 23.3 Å². The smallest absolute Gasteiger partial charge is 0.353 e. The van der Waals surface area contributed by atoms with Gasteiger partial charge in [-0.3, -0.25) is 14.5 Å². The van der Waals surface area contributed by atoms with E-state index in [4.69, 9.17) is 0 Å². The van der Waals surface area contributed by atoms with Crippen LogP contribution in [0.4, 0.5) is 0 Å². The largest absolute Gasteiger partial charge is 0.464 e. The quantitative estimate of drug-likeness (QED) is 0.644. The molecular formula is C18H15N3O4S. The molecular weight excluding hydrogens is 354 g/mol. The molecule has 7 nitrogen and oxygen atoms in total. The number of amides is 2. The maximum atomic E-state index is 12.7. The predicted octanol–water partition coefficient (Wildman–Crippen LogP) is 2.08. The van der Waals surface area contributed by atoms with E-state index in [1.807, 2.05) is 11.4 Å². The lowest BCUT2D eigenvalue weighted by Gasteiger charge is -2.18. The third-order valence-electron chi connectivity index (χ3n) is 3.91. The Kier molecular flexibility index (Phi) is 4.68. The highest BCUT2D eigenvalue weighted by molar-refractivity contribution is 7.13. The van der Waals surface area contributed by atoms with Gasteiger partial charge >= 0.3 is 5.97 Å². The van der Waals surface area contributed by atoms with Crippen molar-refractivity contribution in [2.24, 2.45) is 0 Å². The number of aromatic nitrogens is 1. The van der Waals surface area contributed by atoms with Crippen molar-refractivity contribution in [1.29, 1.82) is 0 Å². The summed E-state index contributed by atoms with van der Waals surface area (Å²) in [5.41, 5.74) is 1.82. The Morgan fingerprint density at radius 3 is 2.69 bits per heavy atom. The molecule has 0 fully saturated rings. The molecule has 0 saturated heterocycles. The molecule has 1 N–H and O–H groups in total. The lowest BCUT2D eigenvalue weighted by molar-refractivity contribution is -0.137. The predicted molar refractivity (Wildman–Crippen MR) is 95.9 cm³/mol. The fourth-order valence-corrected chi connectivity index (χ4v) is 3.30. The highest BCUT2D eigenvalue weighted by Crippen LogP contribution is 2.34. The minimum atomic E-state index is -0.770. The van der Waals surface area contributed by atoms with Gasteiger partial charge < -0.3 is 10.1 Å². The summed E-state index contributed by atoms with van der Waals surface area (Å²) >= 11 is 1.47. The maximum Gasteiger partial charge on any atom is 0.353 e. The SMILES string of the molecule is C=C(NC(=O)C(=C)N1Cc2c(cccc2-c2nccs2)C1=O)C(=O)OC. The summed E-state index contributed by atoms with van der Waals surface area (Å²) in [6.45, 7) is 7.31. The Balaban J connectivity index is 1.83. The number of carbonyl (C=O) groups is 3. The van der Waals surface area contributed by atoms with Gasteiger partial charge in [0.05, 0.1) is 13.7 Å². The van der Waals surface area contributed by atoms with Crippen LogP contribution in [0.5, 0.6) is 0 Å². The highest BCUT2D eigenvalue weighted by Gasteiger charge is 2.34. The monoisotopic (exact) mass is 369 g/mol. The number of nitrogens with one attached hydrogen (secondary N) is 1. The lowest BCUT2D eigenvalue weighted by Crippen LogP contribution is -2.36. The van der Waals surface area contributed by atoms with E-state index in [1.54, 1.807) is 18.3 Å². The zero-order valence-corrected chi connectivity index (χ0v) is 14.8. The highest BCUT2D eigenvalue weighted by atomic mass is 32.1. The molecule has 26 heavy (non-hydrogen) atoms. The molecule has 0 unspecified atom stereocenters. The van der Waals surface area contributed by atoms with Gasteiger partial charge in [0.1, 0.15) is 16.4 Å². The zero-order valence-electron chi connectivity index (χ0n) is 13.9. The number of nitrogens with zero attached hydrogens (tertiary/aromatic N) is 2. The molecule has 1 aliphatic rings. The number of esters is 1. The number of benzene rings is 1. The van der Waals surface area contributed by atoms with Crippen molar-refractivity contribution < 1.29 is 19.1 Å². The van der Waals surface area contributed by atoms with E-state index < -0.39 is 11.9 Å². The van der Waals surface area contributed by atoms with Gasteiger partial charge in [-0.1, -0.05) is 25.3 Å². The Labute approximate surface area is 153 Å². The zero-order chi connectivity index (χ0) is 18.8. The van der Waals surface area contributed by atoms with Crippen molar-refractivity contribution in [2.75, 3.05) is 7.11 Å². The maximum absolute atomic E-state index is 12.7. The van der Waals surface area contributed by atoms with E-state index >= 15 is 0 Å². The summed E-state index contributed by atoms with van der Waals surface area (Å²) in [6, 6.07) is 5.36. The molecule has 8 heteroatoms. The molecule has 0 radical (unpaired) electrons. The van der Waals surface area contributed by atoms with E-state index in [9.17, 15) is 14.4 Å². The summed E-state index contributed by atoms with van der Waals surface area (Å²) in [5, 5.41) is 4.94. The average molecular weight is 369 g/mol. The second kappa shape index (κ2) is 6.93. The molecule has 3 rings (SSSR count). The minimum absolute atomic E-state index is 0.0821. The first-order chi connectivity index (χ1) is 12.4. The van der Waals surface area contributed by atoms with Gasteiger partial charge in [0.15, 0.2) is 0 Å². The number of hydrogen-bond acceptors (Lipinski definition) is 6. The molecule has 1 aromatic heterocycles. The van der Waals surface area contributed by atoms with Gasteiger partial charge in [0.25, 0.3) is 11.8 Å². The van der Waals surface area contributed by atoms with Crippen LogP contribution in [0.15, 0.2) is 54.3 Å². The average Bonchev–Trinajstić information content (AvgIpc) is 3.28. The minimum Gasteiger partial charge on any atom is -0.464 e. The molecule has 1 aromatic carbocycles. The van der Waals surface area contributed by atoms with Crippen LogP contribution < -0.4 is 5.32 Å². The number of thiazole rings is 1. The first kappa shape index (κ1) is 17.6. The molecule has 2 heterocycles. The number of ether oxygens (including phenoxy) is 1. The number of fused-ring (bicyclic) bond motifs is 1. The fraction of sp³-hybridized carbons (Fsp3) is 0.111. The second-order valence-electron chi connectivity index (χ2n) is 5.43. The van der Waals surface area contributed by atoms with Crippen LogP contribution in [0.25, 0.3) is 10.6 Å². The molecule has 0 aliphatic carbocycles. The first-order valence-electron chi connectivity index (χ1n) is 7.55. The van der Waals surface area contributed by atoms with Crippen LogP contribution in [0.3, 0.4) is 0 Å². The summed E-state index contributed by atoms with van der Waals surface area (Å²) in [7, 11) is 1.18. The second-order valence-corrected chi connectivity index (χ2v) is 6.33. The van der Waals surface area contributed by atoms with Crippen molar-refractivity contribution >= 4 is 29.1 Å². The van der Waals surface area contributed by atoms with Crippen molar-refractivity contribution in [2.45, 2.75) is 6.54 Å². The van der Waals surface area contributed by atoms with Crippen LogP contribution >= 0.6 is 11.3 Å². The third kappa shape index (κ3) is 3.02. The normalized spacial score (nSPS) is 12.5. The van der Waals surface area contributed by atoms with Crippen molar-refractivity contribution in [3.8, 4) is 10.6 Å². The number of hydrogen-bond donors (Lipinski definition) is 1. The summed E-state index contributed by atoms with van der Waals surface area (Å²) < 4.78 is 4.48. The van der Waals surface area contributed by atoms with Gasteiger partial charge in [-0.05, 0) is 11.6 Å². The Morgan fingerprint density at radius 2 is 2.04 bits per heavy atom. The van der Waals surface area contributed by atoms with Gasteiger partial charge in [-0.15, -0.1) is 11.3 Å². The molecule has 0 spiro atoms. The van der Waals surface area contributed by atoms with Crippen molar-refractivity contribution in [3.63, 3.8) is 0 Å². The van der Waals surface area contributed by atoms with E-state index in [0.29, 0.717) is 5.56 Å². The number of carbonyl (C=O) groups excluding carboxylic acids is 3. The van der Waals surface area contributed by atoms with E-state index in [2.05, 4.69) is 28.2 Å². The number of methoxy groups -OCH3 is 1. The Bertz CT molecular complexity index is 934. The van der Waals surface area contributed by atoms with Gasteiger partial charge in [0.2, 0.25) is 0 Å². The molecule has 1 aliphatic heterocycles. The van der Waals surface area contributed by atoms with E-state index in [0.717, 1.165) is 16.1 Å². The van der Waals surface area contributed by atoms with Gasteiger partial charge in [0, 0.05) is 22.7 Å². The summed E-state index contributed by atoms with van der Waals surface area (Å²) in [5.74, 6) is -1.80. The van der Waals surface area contributed by atoms with Gasteiger partial charge in [-0.25, -0.2) is 9.78 Å². The standard InChI is InChI=1S/C18H15N3O4S/c1-10(18(24)25-3)20-15(22)11(2)21-9-14-12(16-19-7-8-26-16)5-4-6-13(14)17(21)23/h4-8H,1-2,9H2,3H3,(H,20,22). The number of rotatable bonds is 5. The van der Waals surface area contributed by atoms with Crippen molar-refractivity contribution in [1.82, 2.24) is 15.2 Å². The molecule has 0 atom stereocenters. The van der Waals surface area contributed by atoms with Crippen LogP contribution in [-0.4, -0.2) is 34.8 Å². The molecule has 2 amide bonds. The molecule has 132 valence electrons. The molecule has 0 saturated carbocycles. The van der Waals surface area contributed by atoms with E-state index in [-0.39, 0.29) is 23.8 Å². The Hall–Kier alpha value is -3.26. The lowest BCUT2D eigenvalue weighted by atomic mass is 10.0. The van der Waals surface area contributed by atoms with Crippen LogP contribution in [0.1, 0.15) is 15.9 Å². The first-order valence-corrected chi connectivity index (χ1v) is 8.43.